The van der Waals surface area contributed by atoms with Gasteiger partial charge in [0.05, 0.1) is 13.1 Å². The Bertz CT molecular complexity index is 905. The highest BCUT2D eigenvalue weighted by molar-refractivity contribution is 5.33. The van der Waals surface area contributed by atoms with Crippen LogP contribution in [0.25, 0.3) is 5.82 Å². The van der Waals surface area contributed by atoms with Gasteiger partial charge >= 0.3 is 5.69 Å². The van der Waals surface area contributed by atoms with E-state index in [4.69, 9.17) is 6.11 Å². The standard InChI is InChI=1S/C13H13N7O2/c1-9-5-3-4-6-11(9)22-8-10-7-14-16-15-12(10)20-13(21)19(2)17-18-20/h3-7H,8H2,1-2H3/i3T. The number of tetrazole rings is 1. The van der Waals surface area contributed by atoms with E-state index < -0.39 is 5.69 Å². The summed E-state index contributed by atoms with van der Waals surface area (Å²) in [5, 5.41) is 18.5. The van der Waals surface area contributed by atoms with Gasteiger partial charge in [-0.15, -0.1) is 14.9 Å². The van der Waals surface area contributed by atoms with Gasteiger partial charge in [0.25, 0.3) is 0 Å². The highest BCUT2D eigenvalue weighted by Gasteiger charge is 2.14. The number of aryl methyl sites for hydroxylation is 2. The molecule has 2 heterocycles. The molecule has 0 aliphatic rings. The van der Waals surface area contributed by atoms with Crippen molar-refractivity contribution in [3.8, 4) is 11.6 Å². The Labute approximate surface area is 126 Å². The molecule has 2 aromatic heterocycles. The van der Waals surface area contributed by atoms with Gasteiger partial charge in [0.15, 0.2) is 5.82 Å². The second-order valence-corrected chi connectivity index (χ2v) is 4.56. The molecular weight excluding hydrogens is 286 g/mol. The minimum absolute atomic E-state index is 0.124. The Hall–Kier alpha value is -3.10. The first-order valence-electron chi connectivity index (χ1n) is 6.93. The van der Waals surface area contributed by atoms with Crippen LogP contribution in [0.4, 0.5) is 0 Å². The molecule has 0 aliphatic heterocycles. The van der Waals surface area contributed by atoms with E-state index in [0.717, 1.165) is 14.9 Å². The number of hydrogen-bond acceptors (Lipinski definition) is 7. The highest BCUT2D eigenvalue weighted by atomic mass is 16.5. The molecule has 0 saturated carbocycles. The Morgan fingerprint density at radius 2 is 2.23 bits per heavy atom. The molecule has 3 aromatic rings. The summed E-state index contributed by atoms with van der Waals surface area (Å²) < 4.78 is 15.4. The Balaban J connectivity index is 1.89. The minimum atomic E-state index is -0.443. The number of ether oxygens (including phenoxy) is 1. The molecule has 0 bridgehead atoms. The highest BCUT2D eigenvalue weighted by Crippen LogP contribution is 2.18. The van der Waals surface area contributed by atoms with E-state index in [1.807, 2.05) is 6.92 Å². The maximum absolute atomic E-state index is 11.9. The fourth-order valence-electron chi connectivity index (χ4n) is 1.83. The number of nitrogens with zero attached hydrogens (tertiary/aromatic N) is 7. The molecule has 0 unspecified atom stereocenters. The van der Waals surface area contributed by atoms with Crippen molar-refractivity contribution in [2.75, 3.05) is 0 Å². The van der Waals surface area contributed by atoms with Crippen molar-refractivity contribution in [2.45, 2.75) is 13.5 Å². The molecule has 0 atom stereocenters. The largest absolute Gasteiger partial charge is 0.488 e. The van der Waals surface area contributed by atoms with E-state index >= 15 is 0 Å². The van der Waals surface area contributed by atoms with Crippen molar-refractivity contribution in [3.63, 3.8) is 0 Å². The van der Waals surface area contributed by atoms with Gasteiger partial charge in [-0.3, -0.25) is 0 Å². The summed E-state index contributed by atoms with van der Waals surface area (Å²) >= 11 is 0. The van der Waals surface area contributed by atoms with E-state index in [1.54, 1.807) is 18.2 Å². The van der Waals surface area contributed by atoms with Gasteiger partial charge in [-0.2, -0.15) is 4.68 Å². The van der Waals surface area contributed by atoms with Gasteiger partial charge in [-0.25, -0.2) is 4.79 Å². The molecular formula is C13H13N7O2. The smallest absolute Gasteiger partial charge is 0.369 e. The summed E-state index contributed by atoms with van der Waals surface area (Å²) in [4.78, 5) is 11.9. The predicted octanol–water partition coefficient (Wildman–Crippen LogP) is 0.0384. The van der Waals surface area contributed by atoms with Crippen molar-refractivity contribution in [1.82, 2.24) is 35.2 Å². The van der Waals surface area contributed by atoms with Gasteiger partial charge < -0.3 is 4.74 Å². The van der Waals surface area contributed by atoms with Gasteiger partial charge in [-0.05, 0) is 34.2 Å². The minimum Gasteiger partial charge on any atom is -0.488 e. The van der Waals surface area contributed by atoms with Gasteiger partial charge in [0.1, 0.15) is 12.4 Å². The van der Waals surface area contributed by atoms with Crippen LogP contribution in [0.2, 0.25) is 0 Å². The van der Waals surface area contributed by atoms with Crippen LogP contribution in [0.1, 0.15) is 12.5 Å². The van der Waals surface area contributed by atoms with Crippen molar-refractivity contribution < 1.29 is 6.11 Å². The van der Waals surface area contributed by atoms with Crippen molar-refractivity contribution in [1.29, 1.82) is 0 Å². The zero-order chi connectivity index (χ0) is 16.4. The third-order valence-electron chi connectivity index (χ3n) is 3.02. The van der Waals surface area contributed by atoms with Crippen LogP contribution in [0.15, 0.2) is 35.2 Å². The van der Waals surface area contributed by atoms with Crippen LogP contribution >= 0.6 is 0 Å². The summed E-state index contributed by atoms with van der Waals surface area (Å²) in [6.45, 7) is 1.98. The molecule has 1 aromatic carbocycles. The third kappa shape index (κ3) is 2.55. The molecule has 0 saturated heterocycles. The maximum atomic E-state index is 11.9. The van der Waals surface area contributed by atoms with E-state index in [9.17, 15) is 4.79 Å². The van der Waals surface area contributed by atoms with E-state index in [1.165, 1.54) is 13.2 Å². The summed E-state index contributed by atoms with van der Waals surface area (Å²) in [6.07, 6.45) is 1.46. The van der Waals surface area contributed by atoms with Gasteiger partial charge in [0.2, 0.25) is 0 Å². The lowest BCUT2D eigenvalue weighted by atomic mass is 10.2. The Morgan fingerprint density at radius 3 is 2.95 bits per heavy atom. The summed E-state index contributed by atoms with van der Waals surface area (Å²) in [5.74, 6) is 0.850. The summed E-state index contributed by atoms with van der Waals surface area (Å²) in [7, 11) is 1.49. The molecule has 0 fully saturated rings. The fraction of sp³-hybridized carbons (Fsp3) is 0.231. The maximum Gasteiger partial charge on any atom is 0.369 e. The van der Waals surface area contributed by atoms with Gasteiger partial charge in [-0.1, -0.05) is 18.2 Å². The first-order chi connectivity index (χ1) is 11.1. The second kappa shape index (κ2) is 5.72. The first kappa shape index (κ1) is 12.6. The SMILES string of the molecule is [3H]c1ccc(OCc2cnnnc2-n2nnn(C)c2=O)c(C)c1. The van der Waals surface area contributed by atoms with Gasteiger partial charge in [0, 0.05) is 7.05 Å². The second-order valence-electron chi connectivity index (χ2n) is 4.56. The van der Waals surface area contributed by atoms with Crippen LogP contribution in [-0.4, -0.2) is 35.2 Å². The average Bonchev–Trinajstić information content (AvgIpc) is 2.86. The fourth-order valence-corrected chi connectivity index (χ4v) is 1.83. The third-order valence-corrected chi connectivity index (χ3v) is 3.02. The van der Waals surface area contributed by atoms with Crippen LogP contribution in [0.5, 0.6) is 5.75 Å². The normalized spacial score (nSPS) is 11.3. The molecule has 0 radical (unpaired) electrons. The Kier molecular flexibility index (Phi) is 3.28. The summed E-state index contributed by atoms with van der Waals surface area (Å²) in [5.41, 5.74) is 0.934. The lowest BCUT2D eigenvalue weighted by molar-refractivity contribution is 0.301. The number of para-hydroxylation sites is 1. The molecule has 0 N–H and O–H groups in total. The van der Waals surface area contributed by atoms with E-state index in [0.29, 0.717) is 17.4 Å². The average molecular weight is 301 g/mol. The van der Waals surface area contributed by atoms with Crippen molar-refractivity contribution in [3.05, 3.63) is 52.0 Å². The zero-order valence-corrected chi connectivity index (χ0v) is 12.0. The molecule has 9 nitrogen and oxygen atoms in total. The lowest BCUT2D eigenvalue weighted by Gasteiger charge is -2.09. The number of hydrogen-bond donors (Lipinski definition) is 0. The topological polar surface area (TPSA) is 101 Å². The zero-order valence-electron chi connectivity index (χ0n) is 13.0. The van der Waals surface area contributed by atoms with Crippen molar-refractivity contribution in [2.24, 2.45) is 7.05 Å². The van der Waals surface area contributed by atoms with E-state index in [-0.39, 0.29) is 12.4 Å². The summed E-state index contributed by atoms with van der Waals surface area (Å²) in [6, 6.07) is 5.47. The molecule has 9 heteroatoms. The molecule has 0 amide bonds. The van der Waals surface area contributed by atoms with Crippen LogP contribution in [-0.2, 0) is 13.7 Å². The molecule has 0 spiro atoms. The molecule has 22 heavy (non-hydrogen) atoms. The van der Waals surface area contributed by atoms with Crippen molar-refractivity contribution >= 4 is 0 Å². The monoisotopic (exact) mass is 301 g/mol. The van der Waals surface area contributed by atoms with Crippen LogP contribution in [0.3, 0.4) is 0 Å². The molecule has 112 valence electrons. The van der Waals surface area contributed by atoms with E-state index in [2.05, 4.69) is 25.8 Å². The lowest BCUT2D eigenvalue weighted by Crippen LogP contribution is -2.24. The van der Waals surface area contributed by atoms with Crippen LogP contribution in [0, 0.1) is 6.92 Å². The molecule has 3 rings (SSSR count). The number of benzene rings is 1. The first-order valence-corrected chi connectivity index (χ1v) is 6.43. The molecule has 0 aliphatic carbocycles. The number of aromatic nitrogens is 7. The number of rotatable bonds is 4. The van der Waals surface area contributed by atoms with Crippen LogP contribution < -0.4 is 10.4 Å². The Morgan fingerprint density at radius 1 is 1.36 bits per heavy atom. The predicted molar refractivity (Wildman–Crippen MR) is 75.5 cm³/mol. The quantitative estimate of drug-likeness (QED) is 0.670.